The number of benzene rings is 1. The molecule has 0 bridgehead atoms. The Balaban J connectivity index is 2.30. The van der Waals surface area contributed by atoms with Crippen LogP contribution in [0.5, 0.6) is 0 Å². The summed E-state index contributed by atoms with van der Waals surface area (Å²) in [4.78, 5) is 2.07. The Kier molecular flexibility index (Phi) is 3.41. The summed E-state index contributed by atoms with van der Waals surface area (Å²) < 4.78 is 18.2. The minimum Gasteiger partial charge on any atom is -0.379 e. The number of hydrogen-bond acceptors (Lipinski definition) is 3. The molecule has 17 heavy (non-hydrogen) atoms. The second-order valence-electron chi connectivity index (χ2n) is 4.29. The quantitative estimate of drug-likeness (QED) is 0.784. The number of nitriles is 1. The van der Waals surface area contributed by atoms with Crippen LogP contribution >= 0.6 is 0 Å². The first-order chi connectivity index (χ1) is 8.16. The Hall–Kier alpha value is -1.44. The SMILES string of the molecule is CC(C#N)(c1ccc(F)cc1)N1CCOCC1. The highest BCUT2D eigenvalue weighted by molar-refractivity contribution is 5.30. The Morgan fingerprint density at radius 1 is 1.29 bits per heavy atom. The summed E-state index contributed by atoms with van der Waals surface area (Å²) in [6.07, 6.45) is 0. The van der Waals surface area contributed by atoms with Crippen LogP contribution in [0.3, 0.4) is 0 Å². The molecule has 4 heteroatoms. The van der Waals surface area contributed by atoms with Crippen LogP contribution in [0.1, 0.15) is 12.5 Å². The average Bonchev–Trinajstić information content (AvgIpc) is 2.40. The van der Waals surface area contributed by atoms with Gasteiger partial charge in [-0.2, -0.15) is 5.26 Å². The fourth-order valence-electron chi connectivity index (χ4n) is 2.10. The van der Waals surface area contributed by atoms with Crippen LogP contribution in [0.15, 0.2) is 24.3 Å². The molecular formula is C13H15FN2O. The highest BCUT2D eigenvalue weighted by Crippen LogP contribution is 2.28. The molecule has 1 heterocycles. The summed E-state index contributed by atoms with van der Waals surface area (Å²) in [6, 6.07) is 8.47. The van der Waals surface area contributed by atoms with Gasteiger partial charge < -0.3 is 4.74 Å². The van der Waals surface area contributed by atoms with Crippen molar-refractivity contribution in [2.45, 2.75) is 12.5 Å². The molecule has 0 saturated carbocycles. The Morgan fingerprint density at radius 3 is 2.41 bits per heavy atom. The van der Waals surface area contributed by atoms with Crippen molar-refractivity contribution < 1.29 is 9.13 Å². The largest absolute Gasteiger partial charge is 0.379 e. The molecule has 1 aromatic rings. The van der Waals surface area contributed by atoms with Gasteiger partial charge in [-0.05, 0) is 24.6 Å². The van der Waals surface area contributed by atoms with E-state index in [4.69, 9.17) is 4.74 Å². The summed E-state index contributed by atoms with van der Waals surface area (Å²) in [7, 11) is 0. The zero-order valence-corrected chi connectivity index (χ0v) is 9.82. The lowest BCUT2D eigenvalue weighted by atomic mass is 9.91. The molecule has 0 radical (unpaired) electrons. The van der Waals surface area contributed by atoms with Crippen LogP contribution in [0.4, 0.5) is 4.39 Å². The van der Waals surface area contributed by atoms with E-state index in [0.29, 0.717) is 13.2 Å². The fraction of sp³-hybridized carbons (Fsp3) is 0.462. The Labute approximate surface area is 100 Å². The van der Waals surface area contributed by atoms with Gasteiger partial charge in [0.25, 0.3) is 0 Å². The molecule has 0 aromatic heterocycles. The molecule has 0 amide bonds. The monoisotopic (exact) mass is 234 g/mol. The Bertz CT molecular complexity index is 420. The molecule has 1 aliphatic rings. The first-order valence-corrected chi connectivity index (χ1v) is 5.67. The molecule has 3 nitrogen and oxygen atoms in total. The van der Waals surface area contributed by atoms with Gasteiger partial charge in [-0.25, -0.2) is 4.39 Å². The maximum absolute atomic E-state index is 12.9. The van der Waals surface area contributed by atoms with E-state index in [-0.39, 0.29) is 5.82 Å². The second kappa shape index (κ2) is 4.82. The van der Waals surface area contributed by atoms with Crippen molar-refractivity contribution in [3.8, 4) is 6.07 Å². The lowest BCUT2D eigenvalue weighted by molar-refractivity contribution is 0.000423. The number of ether oxygens (including phenoxy) is 1. The zero-order valence-electron chi connectivity index (χ0n) is 9.82. The van der Waals surface area contributed by atoms with E-state index in [0.717, 1.165) is 18.7 Å². The van der Waals surface area contributed by atoms with Gasteiger partial charge in [0.05, 0.1) is 19.3 Å². The van der Waals surface area contributed by atoms with Gasteiger partial charge >= 0.3 is 0 Å². The van der Waals surface area contributed by atoms with E-state index in [1.807, 2.05) is 6.92 Å². The van der Waals surface area contributed by atoms with Gasteiger partial charge in [0.1, 0.15) is 11.4 Å². The molecule has 1 atom stereocenters. The van der Waals surface area contributed by atoms with Gasteiger partial charge in [0.2, 0.25) is 0 Å². The van der Waals surface area contributed by atoms with Crippen molar-refractivity contribution in [3.63, 3.8) is 0 Å². The van der Waals surface area contributed by atoms with Crippen molar-refractivity contribution in [1.29, 1.82) is 5.26 Å². The van der Waals surface area contributed by atoms with Crippen molar-refractivity contribution >= 4 is 0 Å². The minimum atomic E-state index is -0.711. The maximum atomic E-state index is 12.9. The summed E-state index contributed by atoms with van der Waals surface area (Å²) in [5.74, 6) is -0.281. The third-order valence-electron chi connectivity index (χ3n) is 3.27. The highest BCUT2D eigenvalue weighted by atomic mass is 19.1. The normalized spacial score (nSPS) is 20.5. The summed E-state index contributed by atoms with van der Waals surface area (Å²) >= 11 is 0. The number of morpholine rings is 1. The minimum absolute atomic E-state index is 0.281. The highest BCUT2D eigenvalue weighted by Gasteiger charge is 2.34. The molecule has 1 unspecified atom stereocenters. The first-order valence-electron chi connectivity index (χ1n) is 5.67. The molecule has 0 aliphatic carbocycles. The topological polar surface area (TPSA) is 36.3 Å². The van der Waals surface area contributed by atoms with Crippen molar-refractivity contribution in [3.05, 3.63) is 35.6 Å². The van der Waals surface area contributed by atoms with Crippen LogP contribution in [-0.2, 0) is 10.3 Å². The third-order valence-corrected chi connectivity index (χ3v) is 3.27. The van der Waals surface area contributed by atoms with Crippen LogP contribution in [0, 0.1) is 17.1 Å². The van der Waals surface area contributed by atoms with Crippen LogP contribution < -0.4 is 0 Å². The van der Waals surface area contributed by atoms with Gasteiger partial charge in [-0.15, -0.1) is 0 Å². The predicted octanol–water partition coefficient (Wildman–Crippen LogP) is 1.90. The van der Waals surface area contributed by atoms with E-state index in [9.17, 15) is 9.65 Å². The van der Waals surface area contributed by atoms with E-state index in [2.05, 4.69) is 11.0 Å². The molecule has 1 fully saturated rings. The van der Waals surface area contributed by atoms with E-state index in [1.54, 1.807) is 12.1 Å². The molecule has 1 aromatic carbocycles. The standard InChI is InChI=1S/C13H15FN2O/c1-13(10-15,16-6-8-17-9-7-16)11-2-4-12(14)5-3-11/h2-5H,6-9H2,1H3. The molecule has 0 spiro atoms. The molecule has 1 aliphatic heterocycles. The van der Waals surface area contributed by atoms with Gasteiger partial charge in [-0.1, -0.05) is 12.1 Å². The van der Waals surface area contributed by atoms with Crippen molar-refractivity contribution in [2.75, 3.05) is 26.3 Å². The van der Waals surface area contributed by atoms with Crippen LogP contribution in [0.2, 0.25) is 0 Å². The molecule has 0 N–H and O–H groups in total. The Morgan fingerprint density at radius 2 is 1.88 bits per heavy atom. The number of hydrogen-bond donors (Lipinski definition) is 0. The fourth-order valence-corrected chi connectivity index (χ4v) is 2.10. The lowest BCUT2D eigenvalue weighted by Gasteiger charge is -2.38. The van der Waals surface area contributed by atoms with E-state index >= 15 is 0 Å². The van der Waals surface area contributed by atoms with Gasteiger partial charge in [0.15, 0.2) is 0 Å². The van der Waals surface area contributed by atoms with Gasteiger partial charge in [-0.3, -0.25) is 4.90 Å². The second-order valence-corrected chi connectivity index (χ2v) is 4.29. The number of rotatable bonds is 2. The number of nitrogens with zero attached hydrogens (tertiary/aromatic N) is 2. The van der Waals surface area contributed by atoms with Crippen molar-refractivity contribution in [1.82, 2.24) is 4.90 Å². The zero-order chi connectivity index (χ0) is 12.3. The van der Waals surface area contributed by atoms with Crippen LogP contribution in [-0.4, -0.2) is 31.2 Å². The van der Waals surface area contributed by atoms with Crippen molar-refractivity contribution in [2.24, 2.45) is 0 Å². The smallest absolute Gasteiger partial charge is 0.132 e. The summed E-state index contributed by atoms with van der Waals surface area (Å²) in [5, 5.41) is 9.43. The molecule has 1 saturated heterocycles. The van der Waals surface area contributed by atoms with E-state index in [1.165, 1.54) is 12.1 Å². The average molecular weight is 234 g/mol. The number of halogens is 1. The molecule has 90 valence electrons. The molecule has 2 rings (SSSR count). The maximum Gasteiger partial charge on any atom is 0.132 e. The first kappa shape index (κ1) is 12.0. The van der Waals surface area contributed by atoms with Gasteiger partial charge in [0, 0.05) is 13.1 Å². The van der Waals surface area contributed by atoms with Crippen LogP contribution in [0.25, 0.3) is 0 Å². The van der Waals surface area contributed by atoms with E-state index < -0.39 is 5.54 Å². The summed E-state index contributed by atoms with van der Waals surface area (Å²) in [6.45, 7) is 4.59. The molecular weight excluding hydrogens is 219 g/mol. The third kappa shape index (κ3) is 2.31. The predicted molar refractivity (Wildman–Crippen MR) is 61.8 cm³/mol. The summed E-state index contributed by atoms with van der Waals surface area (Å²) in [5.41, 5.74) is 0.112. The lowest BCUT2D eigenvalue weighted by Crippen LogP contribution is -2.48.